The second-order valence-electron chi connectivity index (χ2n) is 4.39. The molecule has 0 aromatic heterocycles. The molecule has 17 heavy (non-hydrogen) atoms. The van der Waals surface area contributed by atoms with E-state index in [1.165, 1.54) is 36.8 Å². The van der Waals surface area contributed by atoms with E-state index in [2.05, 4.69) is 18.2 Å². The van der Waals surface area contributed by atoms with Gasteiger partial charge >= 0.3 is 0 Å². The van der Waals surface area contributed by atoms with E-state index < -0.39 is 0 Å². The molecule has 94 valence electrons. The standard InChI is InChI=1S/C14H21NOS/c15-7-9-17-10-8-16-14-6-5-12-3-1-2-4-13(12)11-14/h5-6,11H,1-4,7-10,15H2. The van der Waals surface area contributed by atoms with Crippen LogP contribution in [-0.4, -0.2) is 24.7 Å². The summed E-state index contributed by atoms with van der Waals surface area (Å²) in [5.41, 5.74) is 8.44. The Morgan fingerprint density at radius 1 is 1.12 bits per heavy atom. The van der Waals surface area contributed by atoms with Gasteiger partial charge in [-0.3, -0.25) is 0 Å². The minimum absolute atomic E-state index is 0.753. The Morgan fingerprint density at radius 3 is 2.76 bits per heavy atom. The van der Waals surface area contributed by atoms with Gasteiger partial charge in [0.2, 0.25) is 0 Å². The van der Waals surface area contributed by atoms with Crippen molar-refractivity contribution in [3.63, 3.8) is 0 Å². The number of ether oxygens (including phenoxy) is 1. The molecule has 0 radical (unpaired) electrons. The highest BCUT2D eigenvalue weighted by atomic mass is 32.2. The molecule has 0 spiro atoms. The van der Waals surface area contributed by atoms with Crippen LogP contribution in [-0.2, 0) is 12.8 Å². The summed E-state index contributed by atoms with van der Waals surface area (Å²) >= 11 is 1.85. The highest BCUT2D eigenvalue weighted by Gasteiger charge is 2.09. The van der Waals surface area contributed by atoms with Crippen LogP contribution in [0.15, 0.2) is 18.2 Å². The van der Waals surface area contributed by atoms with Crippen LogP contribution in [0.25, 0.3) is 0 Å². The number of hydrogen-bond donors (Lipinski definition) is 1. The predicted octanol–water partition coefficient (Wildman–Crippen LogP) is 2.64. The molecule has 2 nitrogen and oxygen atoms in total. The monoisotopic (exact) mass is 251 g/mol. The molecule has 1 aromatic carbocycles. The van der Waals surface area contributed by atoms with Gasteiger partial charge in [-0.05, 0) is 48.9 Å². The van der Waals surface area contributed by atoms with E-state index in [1.807, 2.05) is 11.8 Å². The van der Waals surface area contributed by atoms with Crippen LogP contribution < -0.4 is 10.5 Å². The van der Waals surface area contributed by atoms with Crippen molar-refractivity contribution in [3.05, 3.63) is 29.3 Å². The molecule has 1 aromatic rings. The van der Waals surface area contributed by atoms with E-state index in [1.54, 1.807) is 0 Å². The highest BCUT2D eigenvalue weighted by Crippen LogP contribution is 2.25. The van der Waals surface area contributed by atoms with Crippen molar-refractivity contribution in [2.45, 2.75) is 25.7 Å². The van der Waals surface area contributed by atoms with E-state index in [0.29, 0.717) is 0 Å². The molecule has 3 heteroatoms. The number of rotatable bonds is 6. The SMILES string of the molecule is NCCSCCOc1ccc2c(c1)CCCC2. The van der Waals surface area contributed by atoms with Crippen LogP contribution in [0, 0.1) is 0 Å². The summed E-state index contributed by atoms with van der Waals surface area (Å²) in [5, 5.41) is 0. The fraction of sp³-hybridized carbons (Fsp3) is 0.571. The molecule has 0 amide bonds. The van der Waals surface area contributed by atoms with Crippen molar-refractivity contribution in [1.29, 1.82) is 0 Å². The van der Waals surface area contributed by atoms with Gasteiger partial charge in [-0.25, -0.2) is 0 Å². The second kappa shape index (κ2) is 6.92. The molecule has 0 bridgehead atoms. The average molecular weight is 251 g/mol. The molecule has 0 saturated carbocycles. The first kappa shape index (κ1) is 12.8. The zero-order chi connectivity index (χ0) is 11.9. The Morgan fingerprint density at radius 2 is 1.94 bits per heavy atom. The predicted molar refractivity (Wildman–Crippen MR) is 75.0 cm³/mol. The van der Waals surface area contributed by atoms with Gasteiger partial charge in [0.15, 0.2) is 0 Å². The molecule has 0 fully saturated rings. The van der Waals surface area contributed by atoms with E-state index in [4.69, 9.17) is 10.5 Å². The lowest BCUT2D eigenvalue weighted by atomic mass is 9.92. The highest BCUT2D eigenvalue weighted by molar-refractivity contribution is 7.99. The third-order valence-corrected chi connectivity index (χ3v) is 4.06. The lowest BCUT2D eigenvalue weighted by molar-refractivity contribution is 0.343. The first-order chi connectivity index (χ1) is 8.40. The van der Waals surface area contributed by atoms with Gasteiger partial charge in [0.25, 0.3) is 0 Å². The first-order valence-corrected chi connectivity index (χ1v) is 7.58. The van der Waals surface area contributed by atoms with Crippen molar-refractivity contribution >= 4 is 11.8 Å². The average Bonchev–Trinajstić information content (AvgIpc) is 2.38. The molecule has 0 heterocycles. The number of thioether (sulfide) groups is 1. The topological polar surface area (TPSA) is 35.2 Å². The molecule has 0 atom stereocenters. The van der Waals surface area contributed by atoms with Crippen molar-refractivity contribution in [1.82, 2.24) is 0 Å². The largest absolute Gasteiger partial charge is 0.493 e. The van der Waals surface area contributed by atoms with E-state index in [9.17, 15) is 0 Å². The summed E-state index contributed by atoms with van der Waals surface area (Å²) in [6.45, 7) is 1.53. The molecule has 1 aliphatic carbocycles. The van der Waals surface area contributed by atoms with Crippen molar-refractivity contribution in [2.75, 3.05) is 24.7 Å². The third kappa shape index (κ3) is 3.93. The summed E-state index contributed by atoms with van der Waals surface area (Å²) in [6.07, 6.45) is 5.11. The van der Waals surface area contributed by atoms with Crippen LogP contribution in [0.3, 0.4) is 0 Å². The quantitative estimate of drug-likeness (QED) is 0.789. The Bertz CT molecular complexity index is 354. The Labute approximate surface area is 108 Å². The molecule has 0 unspecified atom stereocenters. The van der Waals surface area contributed by atoms with Crippen LogP contribution in [0.5, 0.6) is 5.75 Å². The maximum Gasteiger partial charge on any atom is 0.119 e. The van der Waals surface area contributed by atoms with E-state index >= 15 is 0 Å². The Hall–Kier alpha value is -0.670. The number of aryl methyl sites for hydroxylation is 2. The summed E-state index contributed by atoms with van der Waals surface area (Å²) in [7, 11) is 0. The molecular formula is C14H21NOS. The van der Waals surface area contributed by atoms with Crippen LogP contribution in [0.4, 0.5) is 0 Å². The summed E-state index contributed by atoms with van der Waals surface area (Å²) < 4.78 is 5.76. The lowest BCUT2D eigenvalue weighted by Gasteiger charge is -2.16. The number of benzene rings is 1. The zero-order valence-electron chi connectivity index (χ0n) is 10.3. The van der Waals surface area contributed by atoms with Gasteiger partial charge in [-0.1, -0.05) is 6.07 Å². The van der Waals surface area contributed by atoms with Gasteiger partial charge in [0.1, 0.15) is 5.75 Å². The molecular weight excluding hydrogens is 230 g/mol. The van der Waals surface area contributed by atoms with Gasteiger partial charge < -0.3 is 10.5 Å². The molecule has 2 N–H and O–H groups in total. The number of nitrogens with two attached hydrogens (primary N) is 1. The zero-order valence-corrected chi connectivity index (χ0v) is 11.1. The van der Waals surface area contributed by atoms with Crippen LogP contribution in [0.2, 0.25) is 0 Å². The van der Waals surface area contributed by atoms with Crippen molar-refractivity contribution < 1.29 is 4.74 Å². The normalized spacial score (nSPS) is 14.4. The smallest absolute Gasteiger partial charge is 0.119 e. The van der Waals surface area contributed by atoms with Gasteiger partial charge in [0.05, 0.1) is 6.61 Å². The molecule has 1 aliphatic rings. The lowest BCUT2D eigenvalue weighted by Crippen LogP contribution is -2.07. The summed E-state index contributed by atoms with van der Waals surface area (Å²) in [6, 6.07) is 6.57. The number of hydrogen-bond acceptors (Lipinski definition) is 3. The summed E-state index contributed by atoms with van der Waals surface area (Å²) in [5.74, 6) is 3.07. The van der Waals surface area contributed by atoms with Crippen molar-refractivity contribution in [3.8, 4) is 5.75 Å². The fourth-order valence-electron chi connectivity index (χ4n) is 2.20. The van der Waals surface area contributed by atoms with E-state index in [-0.39, 0.29) is 0 Å². The third-order valence-electron chi connectivity index (χ3n) is 3.08. The fourth-order valence-corrected chi connectivity index (χ4v) is 2.78. The Balaban J connectivity index is 1.81. The summed E-state index contributed by atoms with van der Waals surface area (Å²) in [4.78, 5) is 0. The van der Waals surface area contributed by atoms with Gasteiger partial charge in [-0.2, -0.15) is 11.8 Å². The molecule has 2 rings (SSSR count). The molecule has 0 saturated heterocycles. The van der Waals surface area contributed by atoms with Crippen molar-refractivity contribution in [2.24, 2.45) is 5.73 Å². The Kier molecular flexibility index (Phi) is 5.20. The maximum atomic E-state index is 5.76. The minimum Gasteiger partial charge on any atom is -0.493 e. The minimum atomic E-state index is 0.753. The second-order valence-corrected chi connectivity index (χ2v) is 5.61. The van der Waals surface area contributed by atoms with Gasteiger partial charge in [0, 0.05) is 18.1 Å². The first-order valence-electron chi connectivity index (χ1n) is 6.42. The number of fused-ring (bicyclic) bond motifs is 1. The van der Waals surface area contributed by atoms with Crippen LogP contribution >= 0.6 is 11.8 Å². The van der Waals surface area contributed by atoms with Gasteiger partial charge in [-0.15, -0.1) is 0 Å². The van der Waals surface area contributed by atoms with E-state index in [0.717, 1.165) is 30.4 Å². The van der Waals surface area contributed by atoms with Crippen LogP contribution in [0.1, 0.15) is 24.0 Å². The molecule has 0 aliphatic heterocycles. The maximum absolute atomic E-state index is 5.76.